The lowest BCUT2D eigenvalue weighted by molar-refractivity contribution is -0.115. The van der Waals surface area contributed by atoms with Gasteiger partial charge < -0.3 is 5.32 Å². The SMILES string of the molecule is O=C1Cc2c(Cl)cc(C(=O)c3ccccc3)cc2N1. The molecule has 0 spiro atoms. The molecule has 0 saturated carbocycles. The molecule has 94 valence electrons. The predicted octanol–water partition coefficient (Wildman–Crippen LogP) is 3.07. The number of fused-ring (bicyclic) bond motifs is 1. The highest BCUT2D eigenvalue weighted by Gasteiger charge is 2.22. The summed E-state index contributed by atoms with van der Waals surface area (Å²) in [5, 5.41) is 3.16. The van der Waals surface area contributed by atoms with Crippen molar-refractivity contribution in [2.24, 2.45) is 0 Å². The van der Waals surface area contributed by atoms with Crippen molar-refractivity contribution in [1.82, 2.24) is 0 Å². The molecule has 1 aliphatic heterocycles. The molecule has 2 aromatic carbocycles. The normalized spacial score (nSPS) is 13.0. The molecular weight excluding hydrogens is 262 g/mol. The van der Waals surface area contributed by atoms with Crippen LogP contribution in [0.15, 0.2) is 42.5 Å². The van der Waals surface area contributed by atoms with Crippen LogP contribution in [0.25, 0.3) is 0 Å². The van der Waals surface area contributed by atoms with E-state index in [1.165, 1.54) is 0 Å². The highest BCUT2D eigenvalue weighted by Crippen LogP contribution is 2.32. The molecule has 1 amide bonds. The van der Waals surface area contributed by atoms with Crippen molar-refractivity contribution < 1.29 is 9.59 Å². The van der Waals surface area contributed by atoms with E-state index in [0.29, 0.717) is 21.8 Å². The number of benzene rings is 2. The van der Waals surface area contributed by atoms with Gasteiger partial charge in [0.1, 0.15) is 0 Å². The second-order valence-corrected chi connectivity index (χ2v) is 4.81. The Morgan fingerprint density at radius 3 is 2.58 bits per heavy atom. The lowest BCUT2D eigenvalue weighted by atomic mass is 10.0. The van der Waals surface area contributed by atoms with Crippen molar-refractivity contribution in [3.05, 3.63) is 64.2 Å². The van der Waals surface area contributed by atoms with Crippen molar-refractivity contribution >= 4 is 29.0 Å². The second kappa shape index (κ2) is 4.52. The third-order valence-electron chi connectivity index (χ3n) is 3.11. The minimum absolute atomic E-state index is 0.0961. The molecule has 0 saturated heterocycles. The molecule has 2 aromatic rings. The molecule has 0 bridgehead atoms. The molecule has 0 atom stereocenters. The van der Waals surface area contributed by atoms with Gasteiger partial charge in [0.25, 0.3) is 0 Å². The number of hydrogen-bond acceptors (Lipinski definition) is 2. The van der Waals surface area contributed by atoms with Gasteiger partial charge in [0.2, 0.25) is 5.91 Å². The first-order valence-corrected chi connectivity index (χ1v) is 6.25. The number of anilines is 1. The summed E-state index contributed by atoms with van der Waals surface area (Å²) in [4.78, 5) is 23.7. The van der Waals surface area contributed by atoms with Gasteiger partial charge in [-0.05, 0) is 12.1 Å². The number of rotatable bonds is 2. The van der Waals surface area contributed by atoms with Gasteiger partial charge in [0, 0.05) is 27.4 Å². The van der Waals surface area contributed by atoms with E-state index in [9.17, 15) is 9.59 Å². The van der Waals surface area contributed by atoms with E-state index in [4.69, 9.17) is 11.6 Å². The summed E-state index contributed by atoms with van der Waals surface area (Å²) in [6.07, 6.45) is 0.272. The smallest absolute Gasteiger partial charge is 0.228 e. The zero-order valence-electron chi connectivity index (χ0n) is 9.94. The van der Waals surface area contributed by atoms with Crippen molar-refractivity contribution in [1.29, 1.82) is 0 Å². The number of carbonyl (C=O) groups excluding carboxylic acids is 2. The minimum atomic E-state index is -0.105. The van der Waals surface area contributed by atoms with E-state index in [1.54, 1.807) is 24.3 Å². The Kier molecular flexibility index (Phi) is 2.84. The van der Waals surface area contributed by atoms with Crippen LogP contribution in [-0.2, 0) is 11.2 Å². The van der Waals surface area contributed by atoms with Crippen LogP contribution < -0.4 is 5.32 Å². The van der Waals surface area contributed by atoms with E-state index in [2.05, 4.69) is 5.32 Å². The minimum Gasteiger partial charge on any atom is -0.325 e. The molecule has 1 aliphatic rings. The van der Waals surface area contributed by atoms with Crippen LogP contribution in [0.1, 0.15) is 21.5 Å². The van der Waals surface area contributed by atoms with E-state index < -0.39 is 0 Å². The van der Waals surface area contributed by atoms with Gasteiger partial charge in [-0.3, -0.25) is 9.59 Å². The van der Waals surface area contributed by atoms with Crippen LogP contribution in [0.3, 0.4) is 0 Å². The fourth-order valence-corrected chi connectivity index (χ4v) is 2.46. The third-order valence-corrected chi connectivity index (χ3v) is 3.44. The number of halogens is 1. The third kappa shape index (κ3) is 2.13. The van der Waals surface area contributed by atoms with E-state index in [1.807, 2.05) is 18.2 Å². The van der Waals surface area contributed by atoms with Crippen LogP contribution in [0, 0.1) is 0 Å². The van der Waals surface area contributed by atoms with E-state index >= 15 is 0 Å². The van der Waals surface area contributed by atoms with Gasteiger partial charge in [-0.25, -0.2) is 0 Å². The largest absolute Gasteiger partial charge is 0.325 e. The molecule has 0 aliphatic carbocycles. The average molecular weight is 272 g/mol. The highest BCUT2D eigenvalue weighted by atomic mass is 35.5. The lowest BCUT2D eigenvalue weighted by Gasteiger charge is -2.06. The van der Waals surface area contributed by atoms with Gasteiger partial charge in [-0.1, -0.05) is 41.9 Å². The van der Waals surface area contributed by atoms with Gasteiger partial charge in [-0.15, -0.1) is 0 Å². The summed E-state index contributed by atoms with van der Waals surface area (Å²) >= 11 is 6.13. The Labute approximate surface area is 115 Å². The number of amides is 1. The average Bonchev–Trinajstić information content (AvgIpc) is 2.80. The Morgan fingerprint density at radius 2 is 1.84 bits per heavy atom. The van der Waals surface area contributed by atoms with Crippen molar-refractivity contribution in [3.63, 3.8) is 0 Å². The molecule has 3 rings (SSSR count). The summed E-state index contributed by atoms with van der Waals surface area (Å²) in [6, 6.07) is 12.3. The van der Waals surface area contributed by atoms with Gasteiger partial charge >= 0.3 is 0 Å². The summed E-state index contributed by atoms with van der Waals surface area (Å²) in [6.45, 7) is 0. The van der Waals surface area contributed by atoms with Crippen LogP contribution in [0.5, 0.6) is 0 Å². The lowest BCUT2D eigenvalue weighted by Crippen LogP contribution is -2.04. The molecule has 1 N–H and O–H groups in total. The van der Waals surface area contributed by atoms with Gasteiger partial charge in [0.15, 0.2) is 5.78 Å². The maximum Gasteiger partial charge on any atom is 0.228 e. The maximum atomic E-state index is 12.3. The Morgan fingerprint density at radius 1 is 1.11 bits per heavy atom. The van der Waals surface area contributed by atoms with Crippen LogP contribution in [-0.4, -0.2) is 11.7 Å². The molecule has 0 unspecified atom stereocenters. The van der Waals surface area contributed by atoms with Crippen molar-refractivity contribution in [2.75, 3.05) is 5.32 Å². The monoisotopic (exact) mass is 271 g/mol. The number of carbonyl (C=O) groups is 2. The zero-order chi connectivity index (χ0) is 13.4. The second-order valence-electron chi connectivity index (χ2n) is 4.40. The van der Waals surface area contributed by atoms with Crippen LogP contribution in [0.2, 0.25) is 5.02 Å². The first-order valence-electron chi connectivity index (χ1n) is 5.87. The predicted molar refractivity (Wildman–Crippen MR) is 73.7 cm³/mol. The summed E-state index contributed by atoms with van der Waals surface area (Å²) in [5.41, 5.74) is 2.48. The van der Waals surface area contributed by atoms with Gasteiger partial charge in [-0.2, -0.15) is 0 Å². The fraction of sp³-hybridized carbons (Fsp3) is 0.0667. The number of hydrogen-bond donors (Lipinski definition) is 1. The molecular formula is C15H10ClNO2. The molecule has 0 aromatic heterocycles. The Hall–Kier alpha value is -2.13. The molecule has 1 heterocycles. The number of ketones is 1. The first-order chi connectivity index (χ1) is 9.15. The quantitative estimate of drug-likeness (QED) is 0.853. The van der Waals surface area contributed by atoms with Crippen molar-refractivity contribution in [2.45, 2.75) is 6.42 Å². The molecule has 4 heteroatoms. The Bertz CT molecular complexity index is 680. The number of nitrogens with one attached hydrogen (secondary N) is 1. The van der Waals surface area contributed by atoms with Gasteiger partial charge in [0.05, 0.1) is 6.42 Å². The van der Waals surface area contributed by atoms with Crippen LogP contribution >= 0.6 is 11.6 Å². The van der Waals surface area contributed by atoms with Crippen LogP contribution in [0.4, 0.5) is 5.69 Å². The Balaban J connectivity index is 2.04. The maximum absolute atomic E-state index is 12.3. The molecule has 3 nitrogen and oxygen atoms in total. The first kappa shape index (κ1) is 11.9. The highest BCUT2D eigenvalue weighted by molar-refractivity contribution is 6.33. The van der Waals surface area contributed by atoms with E-state index in [-0.39, 0.29) is 18.1 Å². The molecule has 0 radical (unpaired) electrons. The summed E-state index contributed by atoms with van der Waals surface area (Å²) in [5.74, 6) is -0.201. The standard InChI is InChI=1S/C15H10ClNO2/c16-12-6-10(7-13-11(12)8-14(18)17-13)15(19)9-4-2-1-3-5-9/h1-7H,8H2,(H,17,18). The zero-order valence-corrected chi connectivity index (χ0v) is 10.7. The van der Waals surface area contributed by atoms with E-state index in [0.717, 1.165) is 5.56 Å². The fourth-order valence-electron chi connectivity index (χ4n) is 2.17. The summed E-state index contributed by atoms with van der Waals surface area (Å²) < 4.78 is 0. The summed E-state index contributed by atoms with van der Waals surface area (Å²) in [7, 11) is 0. The topological polar surface area (TPSA) is 46.2 Å². The molecule has 19 heavy (non-hydrogen) atoms. The van der Waals surface area contributed by atoms with Crippen molar-refractivity contribution in [3.8, 4) is 0 Å². The molecule has 0 fully saturated rings.